The molecule has 1 aliphatic heterocycles. The summed E-state index contributed by atoms with van der Waals surface area (Å²) in [5.74, 6) is -0.171. The first kappa shape index (κ1) is 10.6. The van der Waals surface area contributed by atoms with Crippen molar-refractivity contribution in [1.29, 1.82) is 0 Å². The van der Waals surface area contributed by atoms with Crippen LogP contribution in [0, 0.1) is 5.82 Å². The van der Waals surface area contributed by atoms with Crippen LogP contribution in [-0.4, -0.2) is 19.1 Å². The summed E-state index contributed by atoms with van der Waals surface area (Å²) in [5.41, 5.74) is 1.16. The molecule has 3 heteroatoms. The third kappa shape index (κ3) is 2.36. The predicted molar refractivity (Wildman–Crippen MR) is 59.2 cm³/mol. The molecule has 1 saturated heterocycles. The summed E-state index contributed by atoms with van der Waals surface area (Å²) < 4.78 is 12.8. The number of nitrogens with one attached hydrogen (secondary N) is 2. The van der Waals surface area contributed by atoms with E-state index in [0.29, 0.717) is 12.1 Å². The van der Waals surface area contributed by atoms with Gasteiger partial charge >= 0.3 is 0 Å². The van der Waals surface area contributed by atoms with Gasteiger partial charge in [0.1, 0.15) is 5.82 Å². The molecule has 0 radical (unpaired) electrons. The van der Waals surface area contributed by atoms with Crippen molar-refractivity contribution in [2.24, 2.45) is 0 Å². The van der Waals surface area contributed by atoms with Gasteiger partial charge in [0, 0.05) is 25.2 Å². The Kier molecular flexibility index (Phi) is 3.34. The summed E-state index contributed by atoms with van der Waals surface area (Å²) in [5, 5.41) is 6.95. The van der Waals surface area contributed by atoms with Gasteiger partial charge in [-0.1, -0.05) is 19.1 Å². The largest absolute Gasteiger partial charge is 0.311 e. The van der Waals surface area contributed by atoms with E-state index in [9.17, 15) is 4.39 Å². The molecule has 0 aromatic heterocycles. The molecule has 2 N–H and O–H groups in total. The fourth-order valence-electron chi connectivity index (χ4n) is 2.15. The summed E-state index contributed by atoms with van der Waals surface area (Å²) in [7, 11) is 0. The first-order valence-corrected chi connectivity index (χ1v) is 5.53. The van der Waals surface area contributed by atoms with Gasteiger partial charge in [-0.3, -0.25) is 0 Å². The quantitative estimate of drug-likeness (QED) is 0.775. The number of halogens is 1. The summed E-state index contributed by atoms with van der Waals surface area (Å²) >= 11 is 0. The zero-order valence-corrected chi connectivity index (χ0v) is 8.96. The lowest BCUT2D eigenvalue weighted by molar-refractivity contribution is 0.319. The van der Waals surface area contributed by atoms with E-state index in [1.165, 1.54) is 12.1 Å². The van der Waals surface area contributed by atoms with E-state index in [1.54, 1.807) is 0 Å². The highest BCUT2D eigenvalue weighted by molar-refractivity contribution is 5.22. The molecule has 2 nitrogen and oxygen atoms in total. The second-order valence-electron chi connectivity index (χ2n) is 3.95. The van der Waals surface area contributed by atoms with E-state index >= 15 is 0 Å². The minimum atomic E-state index is -0.171. The molecule has 0 saturated carbocycles. The molecule has 82 valence electrons. The molecule has 1 aliphatic rings. The Balaban J connectivity index is 2.16. The Morgan fingerprint density at radius 3 is 2.53 bits per heavy atom. The Morgan fingerprint density at radius 2 is 1.87 bits per heavy atom. The Labute approximate surface area is 89.9 Å². The number of benzene rings is 1. The molecule has 0 spiro atoms. The molecular weight excluding hydrogens is 191 g/mol. The highest BCUT2D eigenvalue weighted by atomic mass is 19.1. The van der Waals surface area contributed by atoms with Gasteiger partial charge in [0.25, 0.3) is 0 Å². The maximum Gasteiger partial charge on any atom is 0.123 e. The summed E-state index contributed by atoms with van der Waals surface area (Å²) in [6, 6.07) is 7.54. The lowest BCUT2D eigenvalue weighted by Crippen LogP contribution is -2.50. The normalized spacial score (nSPS) is 26.5. The van der Waals surface area contributed by atoms with Crippen LogP contribution >= 0.6 is 0 Å². The fourth-order valence-corrected chi connectivity index (χ4v) is 2.15. The fraction of sp³-hybridized carbons (Fsp3) is 0.500. The van der Waals surface area contributed by atoms with Crippen LogP contribution in [-0.2, 0) is 0 Å². The molecule has 1 fully saturated rings. The van der Waals surface area contributed by atoms with Crippen LogP contribution in [0.1, 0.15) is 24.9 Å². The molecule has 15 heavy (non-hydrogen) atoms. The van der Waals surface area contributed by atoms with Crippen molar-refractivity contribution < 1.29 is 4.39 Å². The van der Waals surface area contributed by atoms with E-state index in [2.05, 4.69) is 17.6 Å². The van der Waals surface area contributed by atoms with Crippen LogP contribution in [0.4, 0.5) is 4.39 Å². The molecule has 0 bridgehead atoms. The zero-order valence-electron chi connectivity index (χ0n) is 8.96. The van der Waals surface area contributed by atoms with Crippen LogP contribution in [0.5, 0.6) is 0 Å². The van der Waals surface area contributed by atoms with Gasteiger partial charge in [-0.15, -0.1) is 0 Å². The maximum atomic E-state index is 12.8. The van der Waals surface area contributed by atoms with Crippen molar-refractivity contribution in [1.82, 2.24) is 10.6 Å². The zero-order chi connectivity index (χ0) is 10.7. The van der Waals surface area contributed by atoms with Gasteiger partial charge in [0.05, 0.1) is 0 Å². The van der Waals surface area contributed by atoms with E-state index in [1.807, 2.05) is 12.1 Å². The van der Waals surface area contributed by atoms with Crippen LogP contribution in [0.25, 0.3) is 0 Å². The minimum Gasteiger partial charge on any atom is -0.311 e. The lowest BCUT2D eigenvalue weighted by atomic mass is 9.95. The highest BCUT2D eigenvalue weighted by Crippen LogP contribution is 2.20. The highest BCUT2D eigenvalue weighted by Gasteiger charge is 2.23. The first-order chi connectivity index (χ1) is 7.31. The Bertz CT molecular complexity index is 310. The Morgan fingerprint density at radius 1 is 1.20 bits per heavy atom. The molecule has 0 aliphatic carbocycles. The van der Waals surface area contributed by atoms with Crippen molar-refractivity contribution >= 4 is 0 Å². The Hall–Kier alpha value is -0.930. The number of hydrogen-bond acceptors (Lipinski definition) is 2. The molecule has 2 rings (SSSR count). The average molecular weight is 208 g/mol. The van der Waals surface area contributed by atoms with Gasteiger partial charge in [0.15, 0.2) is 0 Å². The molecule has 2 atom stereocenters. The second kappa shape index (κ2) is 4.73. The molecular formula is C12H17FN2. The monoisotopic (exact) mass is 208 g/mol. The van der Waals surface area contributed by atoms with Crippen LogP contribution < -0.4 is 10.6 Å². The lowest BCUT2D eigenvalue weighted by Gasteiger charge is -2.33. The van der Waals surface area contributed by atoms with E-state index < -0.39 is 0 Å². The third-order valence-electron chi connectivity index (χ3n) is 2.97. The van der Waals surface area contributed by atoms with Crippen molar-refractivity contribution in [3.05, 3.63) is 35.6 Å². The van der Waals surface area contributed by atoms with Crippen molar-refractivity contribution in [3.8, 4) is 0 Å². The molecule has 0 amide bonds. The van der Waals surface area contributed by atoms with Gasteiger partial charge in [-0.2, -0.15) is 0 Å². The minimum absolute atomic E-state index is 0.171. The van der Waals surface area contributed by atoms with E-state index in [-0.39, 0.29) is 5.82 Å². The summed E-state index contributed by atoms with van der Waals surface area (Å²) in [6.45, 7) is 4.15. The van der Waals surface area contributed by atoms with Gasteiger partial charge in [-0.05, 0) is 24.1 Å². The molecule has 1 heterocycles. The SMILES string of the molecule is CC[C@@H]1NCCN[C@@H]1c1ccc(F)cc1. The van der Waals surface area contributed by atoms with E-state index in [0.717, 1.165) is 25.1 Å². The predicted octanol–water partition coefficient (Wildman–Crippen LogP) is 1.84. The molecule has 1 aromatic carbocycles. The summed E-state index contributed by atoms with van der Waals surface area (Å²) in [4.78, 5) is 0. The second-order valence-corrected chi connectivity index (χ2v) is 3.95. The van der Waals surface area contributed by atoms with Gasteiger partial charge in [0.2, 0.25) is 0 Å². The number of hydrogen-bond donors (Lipinski definition) is 2. The van der Waals surface area contributed by atoms with Crippen molar-refractivity contribution in [2.45, 2.75) is 25.4 Å². The van der Waals surface area contributed by atoms with Crippen LogP contribution in [0.15, 0.2) is 24.3 Å². The van der Waals surface area contributed by atoms with Crippen molar-refractivity contribution in [3.63, 3.8) is 0 Å². The first-order valence-electron chi connectivity index (χ1n) is 5.53. The summed E-state index contributed by atoms with van der Waals surface area (Å²) in [6.07, 6.45) is 1.08. The maximum absolute atomic E-state index is 12.8. The topological polar surface area (TPSA) is 24.1 Å². The van der Waals surface area contributed by atoms with Crippen molar-refractivity contribution in [2.75, 3.05) is 13.1 Å². The number of piperazine rings is 1. The molecule has 0 unspecified atom stereocenters. The van der Waals surface area contributed by atoms with Gasteiger partial charge in [-0.25, -0.2) is 4.39 Å². The van der Waals surface area contributed by atoms with Gasteiger partial charge < -0.3 is 10.6 Å². The smallest absolute Gasteiger partial charge is 0.123 e. The number of rotatable bonds is 2. The average Bonchev–Trinajstić information content (AvgIpc) is 2.30. The van der Waals surface area contributed by atoms with Crippen LogP contribution in [0.3, 0.4) is 0 Å². The standard InChI is InChI=1S/C12H17FN2/c1-2-11-12(15-8-7-14-11)9-3-5-10(13)6-4-9/h3-6,11-12,14-15H,2,7-8H2,1H3/t11-,12+/m0/s1. The van der Waals surface area contributed by atoms with Crippen LogP contribution in [0.2, 0.25) is 0 Å². The molecule has 1 aromatic rings. The van der Waals surface area contributed by atoms with E-state index in [4.69, 9.17) is 0 Å². The third-order valence-corrected chi connectivity index (χ3v) is 2.97.